The van der Waals surface area contributed by atoms with Crippen LogP contribution in [0.25, 0.3) is 0 Å². The molecular weight excluding hydrogens is 472 g/mol. The number of halogens is 1. The fraction of sp³-hybridized carbons (Fsp3) is 0.429. The summed E-state index contributed by atoms with van der Waals surface area (Å²) in [7, 11) is 2.08. The minimum atomic E-state index is -0.196. The Hall–Kier alpha value is -3.03. The number of unbranched alkanes of at least 4 members (excludes halogenated alkanes) is 1. The Morgan fingerprint density at radius 2 is 2.03 bits per heavy atom. The molecule has 1 aliphatic heterocycles. The highest BCUT2D eigenvalue weighted by Gasteiger charge is 2.13. The second-order valence-corrected chi connectivity index (χ2v) is 9.58. The topological polar surface area (TPSA) is 80.8 Å². The molecule has 8 heteroatoms. The summed E-state index contributed by atoms with van der Waals surface area (Å²) in [6.07, 6.45) is 5.58. The lowest BCUT2D eigenvalue weighted by atomic mass is 10.0. The van der Waals surface area contributed by atoms with E-state index in [0.717, 1.165) is 55.0 Å². The highest BCUT2D eigenvalue weighted by molar-refractivity contribution is 6.44. The number of carbonyl (C=O) groups excluding carboxylic acids is 1. The van der Waals surface area contributed by atoms with Gasteiger partial charge >= 0.3 is 6.03 Å². The van der Waals surface area contributed by atoms with Crippen LogP contribution in [0.3, 0.4) is 0 Å². The Morgan fingerprint density at radius 1 is 1.19 bits per heavy atom. The number of allylic oxidation sites excluding steroid dienone is 1. The third kappa shape index (κ3) is 8.57. The molecule has 4 bridgehead atoms. The third-order valence-electron chi connectivity index (χ3n) is 6.08. The number of carbonyl (C=O) groups is 1. The molecule has 0 spiro atoms. The van der Waals surface area contributed by atoms with Gasteiger partial charge in [-0.25, -0.2) is 9.79 Å². The average molecular weight is 511 g/mol. The van der Waals surface area contributed by atoms with Crippen LogP contribution in [0.2, 0.25) is 0 Å². The van der Waals surface area contributed by atoms with E-state index in [4.69, 9.17) is 16.6 Å². The number of likely N-dealkylation sites (N-methyl/N-ethyl adjacent to an activating group) is 1. The van der Waals surface area contributed by atoms with Gasteiger partial charge < -0.3 is 26.2 Å². The molecule has 4 N–H and O–H groups in total. The molecule has 2 aromatic carbocycles. The predicted molar refractivity (Wildman–Crippen MR) is 153 cm³/mol. The number of nitrogens with zero attached hydrogens (tertiary/aromatic N) is 2. The number of fused-ring (bicyclic) bond motifs is 4. The lowest BCUT2D eigenvalue weighted by molar-refractivity contribution is 0.249. The Labute approximate surface area is 220 Å². The molecular formula is C28H39ClN6O. The summed E-state index contributed by atoms with van der Waals surface area (Å²) in [6.45, 7) is 8.51. The number of rotatable bonds is 8. The molecule has 36 heavy (non-hydrogen) atoms. The Kier molecular flexibility index (Phi) is 10.6. The van der Waals surface area contributed by atoms with Gasteiger partial charge in [0.05, 0.1) is 5.03 Å². The molecule has 2 amide bonds. The van der Waals surface area contributed by atoms with Crippen molar-refractivity contribution < 1.29 is 4.79 Å². The van der Waals surface area contributed by atoms with Gasteiger partial charge in [0.2, 0.25) is 0 Å². The van der Waals surface area contributed by atoms with Gasteiger partial charge in [-0.05, 0) is 88.2 Å². The smallest absolute Gasteiger partial charge is 0.319 e. The first-order chi connectivity index (χ1) is 17.4. The van der Waals surface area contributed by atoms with Crippen molar-refractivity contribution >= 4 is 40.5 Å². The minimum absolute atomic E-state index is 0.178. The highest BCUT2D eigenvalue weighted by atomic mass is 35.5. The van der Waals surface area contributed by atoms with Crippen LogP contribution in [-0.4, -0.2) is 49.6 Å². The van der Waals surface area contributed by atoms with Crippen molar-refractivity contribution in [3.63, 3.8) is 0 Å². The summed E-state index contributed by atoms with van der Waals surface area (Å²) in [6, 6.07) is 14.1. The number of aliphatic imine (C=N–C) groups is 1. The van der Waals surface area contributed by atoms with Crippen molar-refractivity contribution in [2.24, 2.45) is 4.99 Å². The second kappa shape index (κ2) is 13.9. The van der Waals surface area contributed by atoms with E-state index in [9.17, 15) is 4.79 Å². The average Bonchev–Trinajstić information content (AvgIpc) is 2.86. The van der Waals surface area contributed by atoms with Gasteiger partial charge in [0.25, 0.3) is 0 Å². The second-order valence-electron chi connectivity index (χ2n) is 9.17. The molecule has 0 aromatic heterocycles. The third-order valence-corrected chi connectivity index (χ3v) is 6.47. The monoisotopic (exact) mass is 510 g/mol. The summed E-state index contributed by atoms with van der Waals surface area (Å²) < 4.78 is 0. The molecule has 0 radical (unpaired) electrons. The summed E-state index contributed by atoms with van der Waals surface area (Å²) in [5.74, 6) is 0.589. The highest BCUT2D eigenvalue weighted by Crippen LogP contribution is 2.25. The van der Waals surface area contributed by atoms with Gasteiger partial charge in [-0.1, -0.05) is 43.2 Å². The fourth-order valence-corrected chi connectivity index (χ4v) is 4.15. The molecule has 0 fully saturated rings. The van der Waals surface area contributed by atoms with Crippen molar-refractivity contribution in [3.05, 3.63) is 64.7 Å². The van der Waals surface area contributed by atoms with Gasteiger partial charge in [-0.15, -0.1) is 0 Å². The first-order valence-electron chi connectivity index (χ1n) is 12.8. The number of amidine groups is 1. The van der Waals surface area contributed by atoms with Crippen molar-refractivity contribution in [2.75, 3.05) is 42.6 Å². The lowest BCUT2D eigenvalue weighted by Gasteiger charge is -2.18. The van der Waals surface area contributed by atoms with Crippen molar-refractivity contribution in [3.8, 4) is 0 Å². The van der Waals surface area contributed by atoms with E-state index in [1.54, 1.807) is 0 Å². The van der Waals surface area contributed by atoms with Crippen molar-refractivity contribution in [2.45, 2.75) is 52.6 Å². The normalized spacial score (nSPS) is 17.4. The molecule has 1 atom stereocenters. The van der Waals surface area contributed by atoms with E-state index in [0.29, 0.717) is 17.4 Å². The van der Waals surface area contributed by atoms with Gasteiger partial charge in [0.1, 0.15) is 12.0 Å². The van der Waals surface area contributed by atoms with E-state index < -0.39 is 0 Å². The number of hydrogen-bond acceptors (Lipinski definition) is 5. The minimum Gasteiger partial charge on any atom is -0.364 e. The van der Waals surface area contributed by atoms with Crippen LogP contribution in [-0.2, 0) is 12.8 Å². The first kappa shape index (κ1) is 27.6. The molecule has 1 aliphatic rings. The zero-order valence-corrected chi connectivity index (χ0v) is 22.6. The SMILES string of the molecule is C/C=C(Cl)\C1=N/C(C)Nc2cccc(c2)CCc2cc(ccc2NC(=O)NCCN(C)CCCC)N1. The van der Waals surface area contributed by atoms with Crippen molar-refractivity contribution in [1.82, 2.24) is 10.2 Å². The zero-order chi connectivity index (χ0) is 25.9. The maximum Gasteiger partial charge on any atom is 0.319 e. The maximum atomic E-state index is 12.7. The molecule has 2 aromatic rings. The molecule has 3 rings (SSSR count). The van der Waals surface area contributed by atoms with Crippen LogP contribution in [0.15, 0.2) is 58.6 Å². The molecule has 1 unspecified atom stereocenters. The summed E-state index contributed by atoms with van der Waals surface area (Å²) in [4.78, 5) is 19.7. The van der Waals surface area contributed by atoms with Gasteiger partial charge in [-0.2, -0.15) is 0 Å². The number of urea groups is 1. The summed E-state index contributed by atoms with van der Waals surface area (Å²) in [5, 5.41) is 13.4. The quantitative estimate of drug-likeness (QED) is 0.348. The van der Waals surface area contributed by atoms with Crippen LogP contribution in [0.1, 0.15) is 44.7 Å². The Morgan fingerprint density at radius 3 is 2.81 bits per heavy atom. The standard InChI is InChI=1S/C28H39ClN6O/c1-5-7-16-35(4)17-15-30-28(36)34-26-14-13-24-19-22(26)12-11-21-9-8-10-23(18-21)31-20(3)32-27(33-24)25(29)6-2/h6,8-10,13-14,18-20,31H,5,7,11-12,15-17H2,1-4H3,(H,32,33)(H2,30,34,36)/b25-6+. The van der Waals surface area contributed by atoms with E-state index in [1.807, 2.05) is 44.2 Å². The van der Waals surface area contributed by atoms with Crippen LogP contribution in [0.4, 0.5) is 21.9 Å². The summed E-state index contributed by atoms with van der Waals surface area (Å²) >= 11 is 6.48. The summed E-state index contributed by atoms with van der Waals surface area (Å²) in [5.41, 5.74) is 4.92. The molecule has 194 valence electrons. The number of nitrogens with one attached hydrogen (secondary N) is 4. The molecule has 0 saturated heterocycles. The fourth-order valence-electron chi connectivity index (χ4n) is 4.06. The molecule has 7 nitrogen and oxygen atoms in total. The van der Waals surface area contributed by atoms with E-state index in [-0.39, 0.29) is 12.2 Å². The van der Waals surface area contributed by atoms with E-state index in [1.165, 1.54) is 12.0 Å². The van der Waals surface area contributed by atoms with E-state index in [2.05, 4.69) is 58.3 Å². The Bertz CT molecular complexity index is 1080. The zero-order valence-electron chi connectivity index (χ0n) is 21.8. The van der Waals surface area contributed by atoms with E-state index >= 15 is 0 Å². The molecule has 1 heterocycles. The lowest BCUT2D eigenvalue weighted by Crippen LogP contribution is -2.36. The number of benzene rings is 2. The molecule has 0 aliphatic carbocycles. The number of amides is 2. The maximum absolute atomic E-state index is 12.7. The molecule has 0 saturated carbocycles. The number of aryl methyl sites for hydroxylation is 2. The van der Waals surface area contributed by atoms with Crippen LogP contribution in [0.5, 0.6) is 0 Å². The number of anilines is 3. The first-order valence-corrected chi connectivity index (χ1v) is 13.1. The van der Waals surface area contributed by atoms with Crippen LogP contribution >= 0.6 is 11.6 Å². The van der Waals surface area contributed by atoms with Crippen LogP contribution in [0, 0.1) is 0 Å². The van der Waals surface area contributed by atoms with Crippen LogP contribution < -0.4 is 21.3 Å². The van der Waals surface area contributed by atoms with Crippen molar-refractivity contribution in [1.29, 1.82) is 0 Å². The largest absolute Gasteiger partial charge is 0.364 e. The van der Waals surface area contributed by atoms with Gasteiger partial charge in [0, 0.05) is 30.2 Å². The number of hydrogen-bond donors (Lipinski definition) is 4. The predicted octanol–water partition coefficient (Wildman–Crippen LogP) is 6.05. The van der Waals surface area contributed by atoms with Gasteiger partial charge in [0.15, 0.2) is 0 Å². The van der Waals surface area contributed by atoms with Gasteiger partial charge in [-0.3, -0.25) is 0 Å². The Balaban J connectivity index is 1.80.